The van der Waals surface area contributed by atoms with Crippen LogP contribution in [0.25, 0.3) is 11.4 Å². The summed E-state index contributed by atoms with van der Waals surface area (Å²) in [5.41, 5.74) is 1.20. The SMILES string of the molecule is Cc1ccc(-c2noc(C(C)Sc3nnc(N4CCCCC4)n3C3CC3)n2)cc1F. The first-order valence-corrected chi connectivity index (χ1v) is 11.4. The van der Waals surface area contributed by atoms with Crippen LogP contribution in [-0.4, -0.2) is 38.0 Å². The number of benzene rings is 1. The Morgan fingerprint density at radius 1 is 1.17 bits per heavy atom. The number of anilines is 1. The number of aromatic nitrogens is 5. The molecule has 5 rings (SSSR count). The van der Waals surface area contributed by atoms with E-state index in [1.807, 2.05) is 6.92 Å². The summed E-state index contributed by atoms with van der Waals surface area (Å²) < 4.78 is 21.7. The third-order valence-electron chi connectivity index (χ3n) is 5.70. The lowest BCUT2D eigenvalue weighted by Gasteiger charge is -2.27. The first kappa shape index (κ1) is 19.5. The molecule has 1 aliphatic carbocycles. The van der Waals surface area contributed by atoms with Crippen LogP contribution in [-0.2, 0) is 0 Å². The Hall–Kier alpha value is -2.42. The molecule has 0 amide bonds. The third-order valence-corrected chi connectivity index (χ3v) is 6.74. The number of nitrogens with zero attached hydrogens (tertiary/aromatic N) is 6. The van der Waals surface area contributed by atoms with E-state index in [9.17, 15) is 4.39 Å². The smallest absolute Gasteiger partial charge is 0.240 e. The van der Waals surface area contributed by atoms with Crippen molar-refractivity contribution in [1.82, 2.24) is 24.9 Å². The van der Waals surface area contributed by atoms with Gasteiger partial charge in [-0.25, -0.2) is 4.39 Å². The second-order valence-corrected chi connectivity index (χ2v) is 9.42. The van der Waals surface area contributed by atoms with Gasteiger partial charge in [-0.2, -0.15) is 4.98 Å². The van der Waals surface area contributed by atoms with Crippen LogP contribution in [0.5, 0.6) is 0 Å². The van der Waals surface area contributed by atoms with Crippen LogP contribution >= 0.6 is 11.8 Å². The minimum absolute atomic E-state index is 0.0857. The van der Waals surface area contributed by atoms with E-state index in [0.29, 0.717) is 28.9 Å². The van der Waals surface area contributed by atoms with Crippen molar-refractivity contribution < 1.29 is 8.91 Å². The van der Waals surface area contributed by atoms with Gasteiger partial charge < -0.3 is 9.42 Å². The van der Waals surface area contributed by atoms with Gasteiger partial charge in [-0.3, -0.25) is 4.57 Å². The van der Waals surface area contributed by atoms with Crippen LogP contribution in [0, 0.1) is 12.7 Å². The maximum absolute atomic E-state index is 13.9. The summed E-state index contributed by atoms with van der Waals surface area (Å²) in [5.74, 6) is 1.62. The first-order valence-electron chi connectivity index (χ1n) is 10.6. The molecule has 1 unspecified atom stereocenters. The molecule has 1 saturated heterocycles. The minimum Gasteiger partial charge on any atom is -0.341 e. The van der Waals surface area contributed by atoms with Crippen molar-refractivity contribution in [3.05, 3.63) is 35.5 Å². The molecular formula is C21H25FN6OS. The van der Waals surface area contributed by atoms with E-state index in [0.717, 1.165) is 24.2 Å². The monoisotopic (exact) mass is 428 g/mol. The number of rotatable bonds is 6. The number of thioether (sulfide) groups is 1. The number of piperidine rings is 1. The van der Waals surface area contributed by atoms with Gasteiger partial charge in [0.05, 0.1) is 5.25 Å². The van der Waals surface area contributed by atoms with Crippen molar-refractivity contribution in [3.63, 3.8) is 0 Å². The van der Waals surface area contributed by atoms with Crippen LogP contribution < -0.4 is 4.90 Å². The molecule has 1 atom stereocenters. The van der Waals surface area contributed by atoms with Crippen molar-refractivity contribution >= 4 is 17.7 Å². The fourth-order valence-electron chi connectivity index (χ4n) is 3.77. The third kappa shape index (κ3) is 3.82. The highest BCUT2D eigenvalue weighted by Crippen LogP contribution is 2.44. The molecule has 1 saturated carbocycles. The van der Waals surface area contributed by atoms with Crippen LogP contribution in [0.4, 0.5) is 10.3 Å². The van der Waals surface area contributed by atoms with Crippen LogP contribution in [0.15, 0.2) is 27.9 Å². The average molecular weight is 429 g/mol. The molecule has 2 aliphatic rings. The summed E-state index contributed by atoms with van der Waals surface area (Å²) in [4.78, 5) is 6.86. The van der Waals surface area contributed by atoms with E-state index < -0.39 is 0 Å². The Kier molecular flexibility index (Phi) is 5.22. The van der Waals surface area contributed by atoms with Crippen LogP contribution in [0.3, 0.4) is 0 Å². The highest BCUT2D eigenvalue weighted by molar-refractivity contribution is 7.99. The number of hydrogen-bond acceptors (Lipinski definition) is 7. The fourth-order valence-corrected chi connectivity index (χ4v) is 4.71. The van der Waals surface area contributed by atoms with Crippen LogP contribution in [0.1, 0.15) is 61.8 Å². The molecule has 0 spiro atoms. The molecule has 1 aromatic carbocycles. The Bertz CT molecular complexity index is 1040. The second kappa shape index (κ2) is 8.02. The van der Waals surface area contributed by atoms with Crippen molar-refractivity contribution in [1.29, 1.82) is 0 Å². The van der Waals surface area contributed by atoms with Gasteiger partial charge in [0.2, 0.25) is 17.7 Å². The van der Waals surface area contributed by atoms with Crippen molar-refractivity contribution in [2.24, 2.45) is 0 Å². The highest BCUT2D eigenvalue weighted by Gasteiger charge is 2.33. The Balaban J connectivity index is 1.35. The highest BCUT2D eigenvalue weighted by atomic mass is 32.2. The number of aryl methyl sites for hydroxylation is 1. The fraction of sp³-hybridized carbons (Fsp3) is 0.524. The van der Waals surface area contributed by atoms with Gasteiger partial charge in [-0.05, 0) is 57.6 Å². The maximum atomic E-state index is 13.9. The summed E-state index contributed by atoms with van der Waals surface area (Å²) in [5, 5.41) is 13.9. The van der Waals surface area contributed by atoms with Gasteiger partial charge in [0.1, 0.15) is 5.82 Å². The summed E-state index contributed by atoms with van der Waals surface area (Å²) in [6.45, 7) is 5.84. The minimum atomic E-state index is -0.274. The van der Waals surface area contributed by atoms with Gasteiger partial charge in [0, 0.05) is 24.7 Å². The molecule has 0 N–H and O–H groups in total. The lowest BCUT2D eigenvalue weighted by atomic mass is 10.1. The largest absolute Gasteiger partial charge is 0.341 e. The van der Waals surface area contributed by atoms with Crippen molar-refractivity contribution in [2.75, 3.05) is 18.0 Å². The van der Waals surface area contributed by atoms with E-state index in [-0.39, 0.29) is 11.1 Å². The molecule has 0 bridgehead atoms. The molecule has 0 radical (unpaired) electrons. The van der Waals surface area contributed by atoms with E-state index >= 15 is 0 Å². The summed E-state index contributed by atoms with van der Waals surface area (Å²) in [6.07, 6.45) is 6.05. The summed E-state index contributed by atoms with van der Waals surface area (Å²) in [7, 11) is 0. The number of halogens is 1. The Morgan fingerprint density at radius 2 is 1.97 bits per heavy atom. The Labute approximate surface area is 179 Å². The Morgan fingerprint density at radius 3 is 2.70 bits per heavy atom. The predicted molar refractivity (Wildman–Crippen MR) is 113 cm³/mol. The molecule has 3 aromatic rings. The van der Waals surface area contributed by atoms with Gasteiger partial charge in [-0.1, -0.05) is 29.1 Å². The van der Waals surface area contributed by atoms with E-state index in [4.69, 9.17) is 4.52 Å². The molecular weight excluding hydrogens is 403 g/mol. The molecule has 30 heavy (non-hydrogen) atoms. The zero-order chi connectivity index (χ0) is 20.7. The molecule has 3 heterocycles. The quantitative estimate of drug-likeness (QED) is 0.514. The first-order chi connectivity index (χ1) is 14.6. The lowest BCUT2D eigenvalue weighted by Crippen LogP contribution is -2.31. The van der Waals surface area contributed by atoms with E-state index in [1.165, 1.54) is 38.2 Å². The van der Waals surface area contributed by atoms with E-state index in [1.54, 1.807) is 30.8 Å². The average Bonchev–Trinajstić information content (AvgIpc) is 3.31. The zero-order valence-corrected chi connectivity index (χ0v) is 18.0. The normalized spacial score (nSPS) is 18.0. The summed E-state index contributed by atoms with van der Waals surface area (Å²) in [6, 6.07) is 5.45. The van der Waals surface area contributed by atoms with Gasteiger partial charge in [0.25, 0.3) is 0 Å². The molecule has 2 aromatic heterocycles. The van der Waals surface area contributed by atoms with Gasteiger partial charge in [-0.15, -0.1) is 10.2 Å². The molecule has 9 heteroatoms. The molecule has 1 aliphatic heterocycles. The second-order valence-electron chi connectivity index (χ2n) is 8.11. The van der Waals surface area contributed by atoms with Gasteiger partial charge in [0.15, 0.2) is 5.16 Å². The lowest BCUT2D eigenvalue weighted by molar-refractivity contribution is 0.380. The molecule has 7 nitrogen and oxygen atoms in total. The molecule has 2 fully saturated rings. The maximum Gasteiger partial charge on any atom is 0.240 e. The van der Waals surface area contributed by atoms with E-state index in [2.05, 4.69) is 29.8 Å². The standard InChI is InChI=1S/C21H25FN6OS/c1-13-6-7-15(12-17(13)22)18-23-19(29-26-18)14(2)30-21-25-24-20(28(21)16-8-9-16)27-10-4-3-5-11-27/h6-7,12,14,16H,3-5,8-11H2,1-2H3. The molecule has 158 valence electrons. The predicted octanol–water partition coefficient (Wildman–Crippen LogP) is 4.95. The number of hydrogen-bond donors (Lipinski definition) is 0. The van der Waals surface area contributed by atoms with Crippen molar-refractivity contribution in [3.8, 4) is 11.4 Å². The summed E-state index contributed by atoms with van der Waals surface area (Å²) >= 11 is 1.58. The van der Waals surface area contributed by atoms with Crippen LogP contribution in [0.2, 0.25) is 0 Å². The van der Waals surface area contributed by atoms with Crippen molar-refractivity contribution in [2.45, 2.75) is 62.4 Å². The zero-order valence-electron chi connectivity index (χ0n) is 17.2. The van der Waals surface area contributed by atoms with Gasteiger partial charge >= 0.3 is 0 Å². The topological polar surface area (TPSA) is 72.9 Å².